The molecule has 192 valence electrons. The lowest BCUT2D eigenvalue weighted by molar-refractivity contribution is -0.140. The van der Waals surface area contributed by atoms with Crippen LogP contribution in [0.3, 0.4) is 0 Å². The fraction of sp³-hybridized carbons (Fsp3) is 0.188. The highest BCUT2D eigenvalue weighted by Crippen LogP contribution is 2.41. The molecule has 4 aromatic rings. The molecule has 1 fully saturated rings. The summed E-state index contributed by atoms with van der Waals surface area (Å²) in [7, 11) is 0. The molecular formula is C32H29NO5. The molecule has 6 heteroatoms. The Morgan fingerprint density at radius 2 is 1.58 bits per heavy atom. The predicted octanol–water partition coefficient (Wildman–Crippen LogP) is 6.20. The predicted molar refractivity (Wildman–Crippen MR) is 147 cm³/mol. The number of phenols is 1. The molecule has 6 nitrogen and oxygen atoms in total. The van der Waals surface area contributed by atoms with Gasteiger partial charge in [0.15, 0.2) is 0 Å². The Bertz CT molecular complexity index is 1510. The summed E-state index contributed by atoms with van der Waals surface area (Å²) in [4.78, 5) is 28.3. The first-order valence-corrected chi connectivity index (χ1v) is 12.6. The first-order valence-electron chi connectivity index (χ1n) is 12.6. The highest BCUT2D eigenvalue weighted by molar-refractivity contribution is 6.46. The van der Waals surface area contributed by atoms with Crippen molar-refractivity contribution in [3.05, 3.63) is 113 Å². The largest absolute Gasteiger partial charge is 0.508 e. The fourth-order valence-corrected chi connectivity index (χ4v) is 4.77. The van der Waals surface area contributed by atoms with E-state index in [1.807, 2.05) is 60.7 Å². The van der Waals surface area contributed by atoms with Gasteiger partial charge in [-0.15, -0.1) is 0 Å². The molecule has 1 aliphatic heterocycles. The molecule has 1 atom stereocenters. The Labute approximate surface area is 221 Å². The topological polar surface area (TPSA) is 87.1 Å². The SMILES string of the molecule is CC(C)COc1ccc(CN2C(=O)C(=O)/C(=C(\O)c3cccc4ccccc34)C2c2ccc(O)cc2)cc1. The van der Waals surface area contributed by atoms with Gasteiger partial charge in [-0.05, 0) is 52.1 Å². The van der Waals surface area contributed by atoms with Crippen molar-refractivity contribution in [3.8, 4) is 11.5 Å². The lowest BCUT2D eigenvalue weighted by atomic mass is 9.93. The number of rotatable bonds is 7. The maximum absolute atomic E-state index is 13.4. The number of carbonyl (C=O) groups is 2. The second-order valence-corrected chi connectivity index (χ2v) is 9.89. The van der Waals surface area contributed by atoms with Crippen molar-refractivity contribution in [1.82, 2.24) is 4.90 Å². The third-order valence-corrected chi connectivity index (χ3v) is 6.65. The fourth-order valence-electron chi connectivity index (χ4n) is 4.77. The number of hydrogen-bond donors (Lipinski definition) is 2. The van der Waals surface area contributed by atoms with Gasteiger partial charge < -0.3 is 19.8 Å². The maximum Gasteiger partial charge on any atom is 0.295 e. The normalized spacial score (nSPS) is 16.9. The highest BCUT2D eigenvalue weighted by atomic mass is 16.5. The van der Waals surface area contributed by atoms with E-state index in [-0.39, 0.29) is 23.6 Å². The number of ether oxygens (including phenoxy) is 1. The summed E-state index contributed by atoms with van der Waals surface area (Å²) in [5.74, 6) is -0.463. The van der Waals surface area contributed by atoms with Crippen LogP contribution >= 0.6 is 0 Å². The van der Waals surface area contributed by atoms with Crippen LogP contribution in [0, 0.1) is 5.92 Å². The molecule has 38 heavy (non-hydrogen) atoms. The number of phenolic OH excluding ortho intramolecular Hbond substituents is 1. The van der Waals surface area contributed by atoms with Gasteiger partial charge in [0.05, 0.1) is 18.2 Å². The molecule has 1 amide bonds. The molecule has 0 bridgehead atoms. The van der Waals surface area contributed by atoms with Crippen molar-refractivity contribution in [1.29, 1.82) is 0 Å². The standard InChI is InChI=1S/C32H29NO5/c1-20(2)19-38-25-16-10-21(11-17-25)18-33-29(23-12-14-24(34)15-13-23)28(31(36)32(33)37)30(35)27-9-5-7-22-6-3-4-8-26(22)27/h3-17,20,29,34-35H,18-19H2,1-2H3/b30-28-. The molecule has 1 heterocycles. The number of aromatic hydroxyl groups is 1. The lowest BCUT2D eigenvalue weighted by Crippen LogP contribution is -2.29. The minimum Gasteiger partial charge on any atom is -0.508 e. The van der Waals surface area contributed by atoms with Gasteiger partial charge in [0.25, 0.3) is 11.7 Å². The van der Waals surface area contributed by atoms with Crippen molar-refractivity contribution >= 4 is 28.2 Å². The molecular weight excluding hydrogens is 478 g/mol. The second-order valence-electron chi connectivity index (χ2n) is 9.89. The first-order chi connectivity index (χ1) is 18.3. The van der Waals surface area contributed by atoms with Gasteiger partial charge in [-0.1, -0.05) is 80.6 Å². The summed E-state index contributed by atoms with van der Waals surface area (Å²) in [6.07, 6.45) is 0. The lowest BCUT2D eigenvalue weighted by Gasteiger charge is -2.25. The van der Waals surface area contributed by atoms with E-state index in [1.54, 1.807) is 18.2 Å². The monoisotopic (exact) mass is 507 g/mol. The summed E-state index contributed by atoms with van der Waals surface area (Å²) in [5, 5.41) is 23.1. The zero-order chi connectivity index (χ0) is 26.8. The van der Waals surface area contributed by atoms with Crippen molar-refractivity contribution in [3.63, 3.8) is 0 Å². The van der Waals surface area contributed by atoms with Gasteiger partial charge >= 0.3 is 0 Å². The van der Waals surface area contributed by atoms with Crippen LogP contribution in [0.5, 0.6) is 11.5 Å². The molecule has 0 aromatic heterocycles. The minimum atomic E-state index is -0.827. The van der Waals surface area contributed by atoms with Crippen LogP contribution in [0.25, 0.3) is 16.5 Å². The smallest absolute Gasteiger partial charge is 0.295 e. The molecule has 0 saturated carbocycles. The molecule has 1 saturated heterocycles. The Kier molecular flexibility index (Phi) is 6.88. The Hall–Kier alpha value is -4.58. The molecule has 4 aromatic carbocycles. The van der Waals surface area contributed by atoms with Crippen LogP contribution in [-0.2, 0) is 16.1 Å². The zero-order valence-electron chi connectivity index (χ0n) is 21.3. The second kappa shape index (κ2) is 10.4. The van der Waals surface area contributed by atoms with Gasteiger partial charge in [-0.2, -0.15) is 0 Å². The number of ketones is 1. The number of hydrogen-bond acceptors (Lipinski definition) is 5. The Morgan fingerprint density at radius 1 is 0.895 bits per heavy atom. The van der Waals surface area contributed by atoms with Crippen LogP contribution in [0.4, 0.5) is 0 Å². The minimum absolute atomic E-state index is 0.0222. The Morgan fingerprint density at radius 3 is 2.29 bits per heavy atom. The van der Waals surface area contributed by atoms with Gasteiger partial charge in [0.2, 0.25) is 0 Å². The average molecular weight is 508 g/mol. The van der Waals surface area contributed by atoms with E-state index < -0.39 is 17.7 Å². The highest BCUT2D eigenvalue weighted by Gasteiger charge is 2.46. The van der Waals surface area contributed by atoms with Crippen molar-refractivity contribution in [2.75, 3.05) is 6.61 Å². The third kappa shape index (κ3) is 4.85. The first kappa shape index (κ1) is 25.1. The number of carbonyl (C=O) groups excluding carboxylic acids is 2. The number of aliphatic hydroxyl groups is 1. The maximum atomic E-state index is 13.4. The van der Waals surface area contributed by atoms with Gasteiger partial charge in [0, 0.05) is 12.1 Å². The van der Waals surface area contributed by atoms with Crippen molar-refractivity contribution < 1.29 is 24.5 Å². The number of nitrogens with zero attached hydrogens (tertiary/aromatic N) is 1. The summed E-state index contributed by atoms with van der Waals surface area (Å²) in [5.41, 5.74) is 1.93. The van der Waals surface area contributed by atoms with Gasteiger partial charge in [0.1, 0.15) is 17.3 Å². The van der Waals surface area contributed by atoms with Gasteiger partial charge in [-0.3, -0.25) is 9.59 Å². The molecule has 0 radical (unpaired) electrons. The Balaban J connectivity index is 1.58. The molecule has 1 unspecified atom stereocenters. The van der Waals surface area contributed by atoms with Crippen molar-refractivity contribution in [2.45, 2.75) is 26.4 Å². The summed E-state index contributed by atoms with van der Waals surface area (Å²) in [6.45, 7) is 4.91. The molecule has 1 aliphatic rings. The van der Waals surface area contributed by atoms with Gasteiger partial charge in [-0.25, -0.2) is 0 Å². The van der Waals surface area contributed by atoms with Crippen LogP contribution in [-0.4, -0.2) is 33.4 Å². The average Bonchev–Trinajstić information content (AvgIpc) is 3.17. The van der Waals surface area contributed by atoms with E-state index in [9.17, 15) is 19.8 Å². The van der Waals surface area contributed by atoms with E-state index in [4.69, 9.17) is 4.74 Å². The number of amides is 1. The molecule has 0 aliphatic carbocycles. The zero-order valence-corrected chi connectivity index (χ0v) is 21.3. The summed E-state index contributed by atoms with van der Waals surface area (Å²) < 4.78 is 5.77. The van der Waals surface area contributed by atoms with E-state index in [2.05, 4.69) is 13.8 Å². The summed E-state index contributed by atoms with van der Waals surface area (Å²) in [6, 6.07) is 26.0. The molecule has 5 rings (SSSR count). The number of likely N-dealkylation sites (tertiary alicyclic amines) is 1. The third-order valence-electron chi connectivity index (χ3n) is 6.65. The van der Waals surface area contributed by atoms with Crippen LogP contribution in [0.2, 0.25) is 0 Å². The molecule has 0 spiro atoms. The number of fused-ring (bicyclic) bond motifs is 1. The number of Topliss-reactive ketones (excluding diaryl/α,β-unsaturated/α-hetero) is 1. The number of aliphatic hydroxyl groups excluding tert-OH is 1. The number of benzene rings is 4. The quantitative estimate of drug-likeness (QED) is 0.177. The van der Waals surface area contributed by atoms with Crippen LogP contribution < -0.4 is 4.74 Å². The van der Waals surface area contributed by atoms with E-state index in [0.717, 1.165) is 22.1 Å². The van der Waals surface area contributed by atoms with E-state index in [0.29, 0.717) is 23.7 Å². The van der Waals surface area contributed by atoms with Crippen LogP contribution in [0.15, 0.2) is 96.6 Å². The van der Waals surface area contributed by atoms with E-state index in [1.165, 1.54) is 17.0 Å². The summed E-state index contributed by atoms with van der Waals surface area (Å²) >= 11 is 0. The van der Waals surface area contributed by atoms with Crippen LogP contribution in [0.1, 0.15) is 36.6 Å². The molecule has 2 N–H and O–H groups in total. The van der Waals surface area contributed by atoms with E-state index >= 15 is 0 Å². The van der Waals surface area contributed by atoms with Crippen molar-refractivity contribution in [2.24, 2.45) is 5.92 Å².